The van der Waals surface area contributed by atoms with Crippen molar-refractivity contribution in [2.24, 2.45) is 0 Å². The van der Waals surface area contributed by atoms with Gasteiger partial charge in [0.05, 0.1) is 13.9 Å². The van der Waals surface area contributed by atoms with E-state index in [0.717, 1.165) is 10.5 Å². The number of hydrogen-bond donors (Lipinski definition) is 0. The molecule has 0 nitrogen and oxygen atoms in total. The highest BCUT2D eigenvalue weighted by Gasteiger charge is 2.49. The molecule has 2 aromatic carbocycles. The molecule has 3 atom stereocenters. The average molecular weight is 348 g/mol. The van der Waals surface area contributed by atoms with Gasteiger partial charge in [0.2, 0.25) is 0 Å². The SMILES string of the molecule is C[C@@H]1C[C@H](C)SC([P+](C)(c2ccccc2)c2ccccc2)S1. The minimum atomic E-state index is -1.40. The monoisotopic (exact) mass is 347 g/mol. The summed E-state index contributed by atoms with van der Waals surface area (Å²) >= 11 is 4.40. The standard InChI is InChI=1S/C19H24PS2/c1-15-14-16(2)22-19(21-15)20(3,17-10-6-4-7-11-17)18-12-8-5-9-13-18/h4-13,15-16,19H,14H2,1-3H3/q+1/t15-,16+,19?. The first-order valence-corrected chi connectivity index (χ1v) is 12.1. The quantitative estimate of drug-likeness (QED) is 0.699. The van der Waals surface area contributed by atoms with E-state index in [1.54, 1.807) is 0 Å². The summed E-state index contributed by atoms with van der Waals surface area (Å²) in [6.07, 6.45) is 1.33. The highest BCUT2D eigenvalue weighted by atomic mass is 32.2. The van der Waals surface area contributed by atoms with Gasteiger partial charge in [-0.05, 0) is 30.7 Å². The van der Waals surface area contributed by atoms with Crippen LogP contribution in [0.1, 0.15) is 20.3 Å². The predicted molar refractivity (Wildman–Crippen MR) is 108 cm³/mol. The van der Waals surface area contributed by atoms with Crippen LogP contribution in [0.4, 0.5) is 0 Å². The van der Waals surface area contributed by atoms with Crippen LogP contribution in [0.25, 0.3) is 0 Å². The van der Waals surface area contributed by atoms with Gasteiger partial charge in [0, 0.05) is 10.5 Å². The summed E-state index contributed by atoms with van der Waals surface area (Å²) < 4.78 is 0.663. The first kappa shape index (κ1) is 16.4. The van der Waals surface area contributed by atoms with Gasteiger partial charge in [-0.1, -0.05) is 50.2 Å². The third-order valence-corrected chi connectivity index (χ3v) is 13.7. The van der Waals surface area contributed by atoms with E-state index in [4.69, 9.17) is 0 Å². The van der Waals surface area contributed by atoms with Crippen molar-refractivity contribution in [2.45, 2.75) is 35.1 Å². The molecule has 0 aromatic heterocycles. The molecule has 0 saturated carbocycles. The molecule has 22 heavy (non-hydrogen) atoms. The van der Waals surface area contributed by atoms with Gasteiger partial charge >= 0.3 is 0 Å². The zero-order chi connectivity index (χ0) is 15.6. The van der Waals surface area contributed by atoms with E-state index < -0.39 is 7.26 Å². The van der Waals surface area contributed by atoms with Gasteiger partial charge in [0.15, 0.2) is 4.32 Å². The molecule has 1 saturated heterocycles. The molecule has 3 heteroatoms. The van der Waals surface area contributed by atoms with E-state index in [1.807, 2.05) is 0 Å². The van der Waals surface area contributed by atoms with E-state index in [9.17, 15) is 0 Å². The second-order valence-corrected chi connectivity index (χ2v) is 14.0. The van der Waals surface area contributed by atoms with Crippen LogP contribution in [0.2, 0.25) is 0 Å². The molecule has 1 heterocycles. The first-order valence-electron chi connectivity index (χ1n) is 7.89. The van der Waals surface area contributed by atoms with Crippen molar-refractivity contribution in [3.63, 3.8) is 0 Å². The maximum atomic E-state index is 2.53. The smallest absolute Gasteiger partial charge is 0.103 e. The predicted octanol–water partition coefficient (Wildman–Crippen LogP) is 5.22. The molecule has 116 valence electrons. The van der Waals surface area contributed by atoms with Gasteiger partial charge < -0.3 is 0 Å². The lowest BCUT2D eigenvalue weighted by Crippen LogP contribution is -2.32. The third kappa shape index (κ3) is 3.25. The van der Waals surface area contributed by atoms with E-state index in [-0.39, 0.29) is 0 Å². The summed E-state index contributed by atoms with van der Waals surface area (Å²) in [5.41, 5.74) is 0. The fourth-order valence-electron chi connectivity index (χ4n) is 3.12. The molecule has 0 aliphatic carbocycles. The number of thioether (sulfide) groups is 2. The highest BCUT2D eigenvalue weighted by Crippen LogP contribution is 2.67. The molecule has 1 aliphatic rings. The normalized spacial score (nSPS) is 25.9. The molecular formula is C19H24PS2+. The number of benzene rings is 2. The van der Waals surface area contributed by atoms with Crippen molar-refractivity contribution in [3.05, 3.63) is 60.7 Å². The Labute approximate surface area is 143 Å². The first-order chi connectivity index (χ1) is 10.6. The lowest BCUT2D eigenvalue weighted by atomic mass is 10.3. The van der Waals surface area contributed by atoms with Crippen molar-refractivity contribution in [2.75, 3.05) is 6.66 Å². The maximum Gasteiger partial charge on any atom is 0.169 e. The topological polar surface area (TPSA) is 0 Å². The van der Waals surface area contributed by atoms with Crippen LogP contribution in [-0.4, -0.2) is 21.5 Å². The summed E-state index contributed by atoms with van der Waals surface area (Å²) in [5, 5.41) is 4.58. The van der Waals surface area contributed by atoms with Gasteiger partial charge in [-0.25, -0.2) is 0 Å². The Hall–Kier alpha value is -0.430. The molecule has 0 N–H and O–H groups in total. The molecule has 3 rings (SSSR count). The Kier molecular flexibility index (Phi) is 5.22. The number of rotatable bonds is 3. The van der Waals surface area contributed by atoms with Gasteiger partial charge in [-0.3, -0.25) is 0 Å². The Balaban J connectivity index is 2.07. The summed E-state index contributed by atoms with van der Waals surface area (Å²) in [4.78, 5) is 0. The zero-order valence-corrected chi connectivity index (χ0v) is 16.0. The van der Waals surface area contributed by atoms with Gasteiger partial charge in [-0.2, -0.15) is 0 Å². The molecule has 1 fully saturated rings. The van der Waals surface area contributed by atoms with Crippen LogP contribution in [0.3, 0.4) is 0 Å². The molecule has 2 aromatic rings. The molecule has 0 radical (unpaired) electrons. The lowest BCUT2D eigenvalue weighted by Gasteiger charge is -2.37. The van der Waals surface area contributed by atoms with E-state index >= 15 is 0 Å². The summed E-state index contributed by atoms with van der Waals surface area (Å²) in [6.45, 7) is 7.33. The Bertz CT molecular complexity index is 550. The summed E-state index contributed by atoms with van der Waals surface area (Å²) in [5.74, 6) is 0. The largest absolute Gasteiger partial charge is 0.169 e. The maximum absolute atomic E-state index is 2.53. The second-order valence-electron chi connectivity index (χ2n) is 6.18. The van der Waals surface area contributed by atoms with Gasteiger partial charge in [0.1, 0.15) is 10.6 Å². The molecule has 0 spiro atoms. The Morgan fingerprint density at radius 3 is 1.59 bits per heavy atom. The van der Waals surface area contributed by atoms with Crippen LogP contribution in [0.15, 0.2) is 60.7 Å². The minimum Gasteiger partial charge on any atom is -0.103 e. The lowest BCUT2D eigenvalue weighted by molar-refractivity contribution is 0.797. The minimum absolute atomic E-state index is 0.663. The number of hydrogen-bond acceptors (Lipinski definition) is 2. The molecule has 0 bridgehead atoms. The van der Waals surface area contributed by atoms with Crippen molar-refractivity contribution in [3.8, 4) is 0 Å². The fraction of sp³-hybridized carbons (Fsp3) is 0.368. The van der Waals surface area contributed by atoms with E-state index in [0.29, 0.717) is 4.32 Å². The Morgan fingerprint density at radius 2 is 1.18 bits per heavy atom. The van der Waals surface area contributed by atoms with Crippen molar-refractivity contribution < 1.29 is 0 Å². The van der Waals surface area contributed by atoms with E-state index in [2.05, 4.69) is 105 Å². The van der Waals surface area contributed by atoms with Crippen LogP contribution in [-0.2, 0) is 0 Å². The molecule has 1 aliphatic heterocycles. The Morgan fingerprint density at radius 1 is 0.773 bits per heavy atom. The van der Waals surface area contributed by atoms with Crippen LogP contribution < -0.4 is 10.6 Å². The van der Waals surface area contributed by atoms with Crippen molar-refractivity contribution in [1.82, 2.24) is 0 Å². The van der Waals surface area contributed by atoms with Crippen LogP contribution >= 0.6 is 30.8 Å². The highest BCUT2D eigenvalue weighted by molar-refractivity contribution is 8.29. The second kappa shape index (κ2) is 6.99. The molecule has 1 unspecified atom stereocenters. The van der Waals surface area contributed by atoms with Crippen LogP contribution in [0.5, 0.6) is 0 Å². The zero-order valence-electron chi connectivity index (χ0n) is 13.5. The average Bonchev–Trinajstić information content (AvgIpc) is 2.55. The third-order valence-electron chi connectivity index (χ3n) is 4.37. The molecule has 0 amide bonds. The van der Waals surface area contributed by atoms with Gasteiger partial charge in [-0.15, -0.1) is 23.5 Å². The van der Waals surface area contributed by atoms with Crippen molar-refractivity contribution >= 4 is 41.4 Å². The molecular weight excluding hydrogens is 323 g/mol. The van der Waals surface area contributed by atoms with Gasteiger partial charge in [0.25, 0.3) is 0 Å². The summed E-state index contributed by atoms with van der Waals surface area (Å²) in [6, 6.07) is 22.4. The van der Waals surface area contributed by atoms with Crippen molar-refractivity contribution in [1.29, 1.82) is 0 Å². The van der Waals surface area contributed by atoms with E-state index in [1.165, 1.54) is 17.0 Å². The fourth-order valence-corrected chi connectivity index (χ4v) is 13.3. The summed E-state index contributed by atoms with van der Waals surface area (Å²) in [7, 11) is -1.40. The van der Waals surface area contributed by atoms with Crippen LogP contribution in [0, 0.1) is 0 Å².